The van der Waals surface area contributed by atoms with E-state index in [4.69, 9.17) is 15.2 Å². The normalized spacial score (nSPS) is 15.1. The summed E-state index contributed by atoms with van der Waals surface area (Å²) in [6, 6.07) is 1.68. The molecule has 2 rings (SSSR count). The zero-order valence-electron chi connectivity index (χ0n) is 11.2. The van der Waals surface area contributed by atoms with Crippen LogP contribution in [0.3, 0.4) is 0 Å². The van der Waals surface area contributed by atoms with Gasteiger partial charge in [0, 0.05) is 11.4 Å². The van der Waals surface area contributed by atoms with Crippen molar-refractivity contribution in [3.8, 4) is 0 Å². The zero-order chi connectivity index (χ0) is 14.2. The molecular formula is C12H18N2O4S. The van der Waals surface area contributed by atoms with Crippen LogP contribution in [0.4, 0.5) is 9.80 Å². The number of amides is 1. The summed E-state index contributed by atoms with van der Waals surface area (Å²) in [6.45, 7) is 6.52. The quantitative estimate of drug-likeness (QED) is 0.776. The van der Waals surface area contributed by atoms with Gasteiger partial charge in [-0.1, -0.05) is 0 Å². The molecule has 0 unspecified atom stereocenters. The molecule has 0 saturated carbocycles. The zero-order valence-corrected chi connectivity index (χ0v) is 12.0. The molecule has 1 aromatic heterocycles. The van der Waals surface area contributed by atoms with Crippen molar-refractivity contribution >= 4 is 22.4 Å². The molecule has 0 bridgehead atoms. The van der Waals surface area contributed by atoms with Crippen molar-refractivity contribution in [1.29, 1.82) is 0 Å². The molecule has 2 N–H and O–H groups in total. The Morgan fingerprint density at radius 1 is 1.47 bits per heavy atom. The first-order valence-corrected chi connectivity index (χ1v) is 6.85. The molecule has 0 aliphatic carbocycles. The third-order valence-electron chi connectivity index (χ3n) is 2.70. The highest BCUT2D eigenvalue weighted by Gasteiger charge is 2.27. The first kappa shape index (κ1) is 14.1. The van der Waals surface area contributed by atoms with E-state index in [9.17, 15) is 4.79 Å². The number of carbonyl (C=O) groups excluding carboxylic acids is 1. The third-order valence-corrected chi connectivity index (χ3v) is 3.91. The van der Waals surface area contributed by atoms with Crippen molar-refractivity contribution in [3.63, 3.8) is 0 Å². The average Bonchev–Trinajstić information content (AvgIpc) is 2.69. The molecule has 0 atom stereocenters. The minimum Gasteiger partial charge on any atom is -0.444 e. The number of rotatable bonds is 1. The second kappa shape index (κ2) is 4.99. The van der Waals surface area contributed by atoms with Crippen LogP contribution in [0.25, 0.3) is 0 Å². The van der Waals surface area contributed by atoms with E-state index in [1.807, 2.05) is 20.8 Å². The fourth-order valence-electron chi connectivity index (χ4n) is 1.90. The Kier molecular flexibility index (Phi) is 3.71. The lowest BCUT2D eigenvalue weighted by Crippen LogP contribution is -2.39. The number of ether oxygens (including phenoxy) is 1. The second-order valence-corrected chi connectivity index (χ2v) is 6.59. The maximum atomic E-state index is 12.0. The van der Waals surface area contributed by atoms with Crippen LogP contribution in [0.1, 0.15) is 31.2 Å². The summed E-state index contributed by atoms with van der Waals surface area (Å²) in [7, 11) is 0. The fourth-order valence-corrected chi connectivity index (χ4v) is 2.88. The van der Waals surface area contributed by atoms with Crippen LogP contribution >= 0.6 is 11.3 Å². The lowest BCUT2D eigenvalue weighted by Gasteiger charge is -2.29. The van der Waals surface area contributed by atoms with Gasteiger partial charge >= 0.3 is 6.09 Å². The molecule has 2 heterocycles. The lowest BCUT2D eigenvalue weighted by atomic mass is 10.1. The Morgan fingerprint density at radius 2 is 2.16 bits per heavy atom. The van der Waals surface area contributed by atoms with Gasteiger partial charge in [0.2, 0.25) is 0 Å². The first-order valence-electron chi connectivity index (χ1n) is 6.03. The van der Waals surface area contributed by atoms with Gasteiger partial charge in [0.15, 0.2) is 0 Å². The van der Waals surface area contributed by atoms with Gasteiger partial charge < -0.3 is 9.64 Å². The van der Waals surface area contributed by atoms with Gasteiger partial charge in [-0.15, -0.1) is 16.6 Å². The number of fused-ring (bicyclic) bond motifs is 1. The molecule has 1 aromatic rings. The smallest absolute Gasteiger partial charge is 0.410 e. The Hall–Kier alpha value is -1.31. The molecule has 19 heavy (non-hydrogen) atoms. The van der Waals surface area contributed by atoms with Gasteiger partial charge in [0.05, 0.1) is 6.54 Å². The summed E-state index contributed by atoms with van der Waals surface area (Å²) in [5, 5.41) is 18.5. The van der Waals surface area contributed by atoms with E-state index in [2.05, 4.69) is 0 Å². The number of anilines is 1. The summed E-state index contributed by atoms with van der Waals surface area (Å²) in [5.41, 5.74) is 0.426. The molecule has 0 aromatic carbocycles. The highest BCUT2D eigenvalue weighted by Crippen LogP contribution is 2.33. The molecule has 106 valence electrons. The molecule has 1 amide bonds. The summed E-state index contributed by atoms with van der Waals surface area (Å²) in [6.07, 6.45) is 0.364. The maximum absolute atomic E-state index is 12.0. The predicted octanol–water partition coefficient (Wildman–Crippen LogP) is 2.63. The van der Waals surface area contributed by atoms with E-state index >= 15 is 0 Å². The highest BCUT2D eigenvalue weighted by atomic mass is 32.1. The number of hydrogen-bond donors (Lipinski definition) is 2. The highest BCUT2D eigenvalue weighted by molar-refractivity contribution is 7.16. The number of hydrogen-bond acceptors (Lipinski definition) is 6. The van der Waals surface area contributed by atoms with Gasteiger partial charge in [-0.2, -0.15) is 0 Å². The molecule has 1 aliphatic heterocycles. The topological polar surface area (TPSA) is 73.2 Å². The van der Waals surface area contributed by atoms with Gasteiger partial charge in [-0.25, -0.2) is 4.79 Å². The maximum Gasteiger partial charge on any atom is 0.410 e. The molecule has 0 saturated heterocycles. The number of carbonyl (C=O) groups is 1. The van der Waals surface area contributed by atoms with E-state index in [1.54, 1.807) is 11.0 Å². The number of thiophene rings is 1. The Balaban J connectivity index is 2.07. The molecule has 7 heteroatoms. The van der Waals surface area contributed by atoms with Crippen LogP contribution in [0, 0.1) is 0 Å². The molecular weight excluding hydrogens is 268 g/mol. The van der Waals surface area contributed by atoms with E-state index < -0.39 is 5.60 Å². The summed E-state index contributed by atoms with van der Waals surface area (Å²) in [5.74, 6) is 0. The minimum atomic E-state index is -0.510. The van der Waals surface area contributed by atoms with Crippen molar-refractivity contribution in [2.75, 3.05) is 11.8 Å². The van der Waals surface area contributed by atoms with Crippen molar-refractivity contribution in [1.82, 2.24) is 4.90 Å². The van der Waals surface area contributed by atoms with Crippen molar-refractivity contribution in [3.05, 3.63) is 16.5 Å². The van der Waals surface area contributed by atoms with Gasteiger partial charge in [-0.05, 0) is 38.8 Å². The molecule has 6 nitrogen and oxygen atoms in total. The third kappa shape index (κ3) is 3.37. The predicted molar refractivity (Wildman–Crippen MR) is 70.7 cm³/mol. The van der Waals surface area contributed by atoms with E-state index in [1.165, 1.54) is 11.3 Å². The van der Waals surface area contributed by atoms with E-state index in [0.29, 0.717) is 24.5 Å². The molecule has 0 spiro atoms. The van der Waals surface area contributed by atoms with Crippen LogP contribution in [-0.2, 0) is 17.7 Å². The van der Waals surface area contributed by atoms with Crippen LogP contribution in [0.2, 0.25) is 0 Å². The minimum absolute atomic E-state index is 0.112. The first-order chi connectivity index (χ1) is 8.76. The standard InChI is InChI=1S/C12H18N2O4S/c1-12(2,3)18-11(15)13-5-4-9-8(7-13)6-10(19-9)14(16)17/h6,16-17H,4-5,7H2,1-3H3. The van der Waals surface area contributed by atoms with E-state index in [-0.39, 0.29) is 11.3 Å². The molecule has 0 fully saturated rings. The largest absolute Gasteiger partial charge is 0.444 e. The second-order valence-electron chi connectivity index (χ2n) is 5.47. The van der Waals surface area contributed by atoms with Crippen molar-refractivity contribution in [2.45, 2.75) is 39.3 Å². The Labute approximate surface area is 115 Å². The van der Waals surface area contributed by atoms with Crippen LogP contribution in [-0.4, -0.2) is 33.6 Å². The van der Waals surface area contributed by atoms with Crippen LogP contribution in [0.15, 0.2) is 6.07 Å². The van der Waals surface area contributed by atoms with Crippen molar-refractivity contribution < 1.29 is 19.9 Å². The summed E-state index contributed by atoms with van der Waals surface area (Å²) >= 11 is 1.32. The van der Waals surface area contributed by atoms with Gasteiger partial charge in [-0.3, -0.25) is 10.4 Å². The Bertz CT molecular complexity index is 479. The SMILES string of the molecule is CC(C)(C)OC(=O)N1CCc2sc(N(O)O)cc2C1. The molecule has 1 aliphatic rings. The summed E-state index contributed by atoms with van der Waals surface area (Å²) < 4.78 is 5.33. The van der Waals surface area contributed by atoms with Crippen molar-refractivity contribution in [2.24, 2.45) is 0 Å². The molecule has 0 radical (unpaired) electrons. The van der Waals surface area contributed by atoms with Crippen LogP contribution in [0.5, 0.6) is 0 Å². The monoisotopic (exact) mass is 286 g/mol. The number of nitrogens with zero attached hydrogens (tertiary/aromatic N) is 2. The Morgan fingerprint density at radius 3 is 2.74 bits per heavy atom. The fraction of sp³-hybridized carbons (Fsp3) is 0.583. The average molecular weight is 286 g/mol. The van der Waals surface area contributed by atoms with E-state index in [0.717, 1.165) is 10.4 Å². The van der Waals surface area contributed by atoms with Gasteiger partial charge in [0.25, 0.3) is 0 Å². The van der Waals surface area contributed by atoms with Gasteiger partial charge in [0.1, 0.15) is 10.6 Å². The van der Waals surface area contributed by atoms with Crippen LogP contribution < -0.4 is 5.23 Å². The lowest BCUT2D eigenvalue weighted by molar-refractivity contribution is 0.0225. The summed E-state index contributed by atoms with van der Waals surface area (Å²) in [4.78, 5) is 14.7.